The second kappa shape index (κ2) is 6.84. The number of amides is 1. The average molecular weight is 360 g/mol. The number of benzene rings is 1. The van der Waals surface area contributed by atoms with Gasteiger partial charge >= 0.3 is 0 Å². The lowest BCUT2D eigenvalue weighted by molar-refractivity contribution is -0.117. The molecular weight excluding hydrogens is 338 g/mol. The molecule has 1 amide bonds. The van der Waals surface area contributed by atoms with Gasteiger partial charge in [-0.25, -0.2) is 0 Å². The van der Waals surface area contributed by atoms with E-state index in [1.54, 1.807) is 4.68 Å². The highest BCUT2D eigenvalue weighted by atomic mass is 32.2. The number of thioether (sulfide) groups is 2. The van der Waals surface area contributed by atoms with Gasteiger partial charge in [0.05, 0.1) is 10.8 Å². The molecule has 0 radical (unpaired) electrons. The zero-order chi connectivity index (χ0) is 16.5. The minimum absolute atomic E-state index is 0.0799. The van der Waals surface area contributed by atoms with Gasteiger partial charge in [0, 0.05) is 24.8 Å². The summed E-state index contributed by atoms with van der Waals surface area (Å²) in [6.45, 7) is 0. The molecule has 126 valence electrons. The van der Waals surface area contributed by atoms with Crippen LogP contribution in [0.15, 0.2) is 36.7 Å². The van der Waals surface area contributed by atoms with Gasteiger partial charge in [-0.15, -0.1) is 23.5 Å². The molecule has 1 aliphatic carbocycles. The summed E-state index contributed by atoms with van der Waals surface area (Å²) in [7, 11) is 1.91. The van der Waals surface area contributed by atoms with Crippen molar-refractivity contribution in [2.75, 3.05) is 16.8 Å². The van der Waals surface area contributed by atoms with E-state index in [9.17, 15) is 4.79 Å². The van der Waals surface area contributed by atoms with E-state index in [1.807, 2.05) is 55.1 Å². The molecule has 1 aromatic carbocycles. The molecule has 1 N–H and O–H groups in total. The predicted octanol–water partition coefficient (Wildman–Crippen LogP) is 4.03. The zero-order valence-electron chi connectivity index (χ0n) is 13.6. The van der Waals surface area contributed by atoms with Crippen molar-refractivity contribution in [3.8, 4) is 0 Å². The Morgan fingerprint density at radius 1 is 1.29 bits per heavy atom. The fourth-order valence-electron chi connectivity index (χ4n) is 3.16. The van der Waals surface area contributed by atoms with Crippen LogP contribution >= 0.6 is 23.5 Å². The van der Waals surface area contributed by atoms with Crippen molar-refractivity contribution in [2.45, 2.75) is 23.3 Å². The minimum atomic E-state index is 0.0799. The topological polar surface area (TPSA) is 46.9 Å². The Balaban J connectivity index is 1.39. The molecule has 2 fully saturated rings. The highest BCUT2D eigenvalue weighted by Crippen LogP contribution is 2.48. The summed E-state index contributed by atoms with van der Waals surface area (Å²) in [5, 5.41) is 7.30. The Bertz CT molecular complexity index is 739. The molecule has 2 aromatic rings. The second-order valence-corrected chi connectivity index (χ2v) is 9.16. The number of aryl methyl sites for hydroxylation is 1. The first-order valence-electron chi connectivity index (χ1n) is 8.33. The molecule has 2 aliphatic rings. The first-order chi connectivity index (χ1) is 11.7. The summed E-state index contributed by atoms with van der Waals surface area (Å²) >= 11 is 4.01. The van der Waals surface area contributed by atoms with Crippen molar-refractivity contribution in [2.24, 2.45) is 13.0 Å². The lowest BCUT2D eigenvalue weighted by atomic mass is 10.2. The van der Waals surface area contributed by atoms with Crippen molar-refractivity contribution >= 4 is 35.1 Å². The van der Waals surface area contributed by atoms with Crippen LogP contribution in [0.4, 0.5) is 5.69 Å². The summed E-state index contributed by atoms with van der Waals surface area (Å²) in [4.78, 5) is 12.5. The van der Waals surface area contributed by atoms with Crippen molar-refractivity contribution in [1.29, 1.82) is 0 Å². The number of nitrogens with one attached hydrogen (secondary N) is 1. The molecule has 2 heterocycles. The van der Waals surface area contributed by atoms with Crippen molar-refractivity contribution < 1.29 is 4.79 Å². The number of anilines is 1. The monoisotopic (exact) mass is 359 g/mol. The molecule has 2 atom stereocenters. The van der Waals surface area contributed by atoms with Gasteiger partial charge in [-0.1, -0.05) is 12.1 Å². The number of carbonyl (C=O) groups is 1. The van der Waals surface area contributed by atoms with Crippen molar-refractivity contribution in [3.63, 3.8) is 0 Å². The van der Waals surface area contributed by atoms with Crippen LogP contribution in [0.2, 0.25) is 0 Å². The van der Waals surface area contributed by atoms with Crippen molar-refractivity contribution in [1.82, 2.24) is 9.78 Å². The highest BCUT2D eigenvalue weighted by Gasteiger charge is 2.44. The van der Waals surface area contributed by atoms with Gasteiger partial charge in [0.1, 0.15) is 0 Å². The predicted molar refractivity (Wildman–Crippen MR) is 101 cm³/mol. The summed E-state index contributed by atoms with van der Waals surface area (Å²) in [6, 6.07) is 8.34. The zero-order valence-corrected chi connectivity index (χ0v) is 15.3. The molecule has 0 spiro atoms. The number of aromatic nitrogens is 2. The van der Waals surface area contributed by atoms with Crippen LogP contribution in [0.5, 0.6) is 0 Å². The quantitative estimate of drug-likeness (QED) is 0.895. The van der Waals surface area contributed by atoms with E-state index in [1.165, 1.54) is 29.1 Å². The molecule has 1 aliphatic heterocycles. The van der Waals surface area contributed by atoms with E-state index in [0.717, 1.165) is 12.1 Å². The summed E-state index contributed by atoms with van der Waals surface area (Å²) in [5.74, 6) is 2.99. The molecule has 6 heteroatoms. The molecule has 0 bridgehead atoms. The lowest BCUT2D eigenvalue weighted by Gasteiger charge is -2.21. The summed E-state index contributed by atoms with van der Waals surface area (Å²) in [5.41, 5.74) is 3.39. The van der Waals surface area contributed by atoms with Gasteiger partial charge in [-0.3, -0.25) is 9.48 Å². The maximum atomic E-state index is 12.5. The largest absolute Gasteiger partial charge is 0.326 e. The number of carbonyl (C=O) groups excluding carboxylic acids is 1. The van der Waals surface area contributed by atoms with Gasteiger partial charge in [-0.2, -0.15) is 5.10 Å². The highest BCUT2D eigenvalue weighted by molar-refractivity contribution is 8.16. The third-order valence-corrected chi connectivity index (χ3v) is 7.55. The van der Waals surface area contributed by atoms with E-state index in [2.05, 4.69) is 22.5 Å². The number of hydrogen-bond acceptors (Lipinski definition) is 4. The third kappa shape index (κ3) is 3.49. The molecule has 4 rings (SSSR count). The SMILES string of the molecule is Cn1cc(C2CC2C(=O)Nc2cccc(C3SCCCS3)c2)cn1. The fourth-order valence-corrected chi connectivity index (χ4v) is 6.04. The normalized spacial score (nSPS) is 23.9. The number of hydrogen-bond donors (Lipinski definition) is 1. The third-order valence-electron chi connectivity index (χ3n) is 4.53. The Kier molecular flexibility index (Phi) is 4.59. The summed E-state index contributed by atoms with van der Waals surface area (Å²) < 4.78 is 2.30. The first-order valence-corrected chi connectivity index (χ1v) is 10.4. The molecule has 2 unspecified atom stereocenters. The van der Waals surface area contributed by atoms with Crippen LogP contribution in [0.1, 0.15) is 34.5 Å². The minimum Gasteiger partial charge on any atom is -0.326 e. The molecule has 1 saturated heterocycles. The fraction of sp³-hybridized carbons (Fsp3) is 0.444. The molecular formula is C18H21N3OS2. The van der Waals surface area contributed by atoms with Gasteiger partial charge in [-0.05, 0) is 53.5 Å². The average Bonchev–Trinajstić information content (AvgIpc) is 3.30. The maximum Gasteiger partial charge on any atom is 0.228 e. The molecule has 4 nitrogen and oxygen atoms in total. The van der Waals surface area contributed by atoms with E-state index >= 15 is 0 Å². The smallest absolute Gasteiger partial charge is 0.228 e. The van der Waals surface area contributed by atoms with Gasteiger partial charge in [0.25, 0.3) is 0 Å². The lowest BCUT2D eigenvalue weighted by Crippen LogP contribution is -2.14. The summed E-state index contributed by atoms with van der Waals surface area (Å²) in [6.07, 6.45) is 6.09. The Labute approximate surface area is 150 Å². The number of rotatable bonds is 4. The van der Waals surface area contributed by atoms with E-state index in [0.29, 0.717) is 10.5 Å². The van der Waals surface area contributed by atoms with E-state index in [4.69, 9.17) is 0 Å². The van der Waals surface area contributed by atoms with Crippen LogP contribution in [0.3, 0.4) is 0 Å². The first kappa shape index (κ1) is 16.1. The van der Waals surface area contributed by atoms with Crippen LogP contribution in [0.25, 0.3) is 0 Å². The van der Waals surface area contributed by atoms with Gasteiger partial charge < -0.3 is 5.32 Å². The molecule has 24 heavy (non-hydrogen) atoms. The van der Waals surface area contributed by atoms with Crippen LogP contribution in [-0.2, 0) is 11.8 Å². The van der Waals surface area contributed by atoms with E-state index in [-0.39, 0.29) is 11.8 Å². The Hall–Kier alpha value is -1.40. The van der Waals surface area contributed by atoms with Crippen molar-refractivity contribution in [3.05, 3.63) is 47.8 Å². The molecule has 1 aromatic heterocycles. The second-order valence-electron chi connectivity index (χ2n) is 6.44. The molecule has 1 saturated carbocycles. The van der Waals surface area contributed by atoms with E-state index < -0.39 is 0 Å². The number of nitrogens with zero attached hydrogens (tertiary/aromatic N) is 2. The van der Waals surface area contributed by atoms with Crippen LogP contribution < -0.4 is 5.32 Å². The Morgan fingerprint density at radius 2 is 2.12 bits per heavy atom. The standard InChI is InChI=1S/C18H21N3OS2/c1-21-11-13(10-19-21)15-9-16(15)17(22)20-14-5-2-4-12(8-14)18-23-6-3-7-24-18/h2,4-5,8,10-11,15-16,18H,3,6-7,9H2,1H3,(H,20,22). The van der Waals surface area contributed by atoms with Gasteiger partial charge in [0.2, 0.25) is 5.91 Å². The Morgan fingerprint density at radius 3 is 2.88 bits per heavy atom. The maximum absolute atomic E-state index is 12.5. The van der Waals surface area contributed by atoms with Gasteiger partial charge in [0.15, 0.2) is 0 Å². The van der Waals surface area contributed by atoms with Crippen LogP contribution in [0, 0.1) is 5.92 Å². The van der Waals surface area contributed by atoms with Crippen LogP contribution in [-0.4, -0.2) is 27.2 Å².